The molecule has 112 valence electrons. The Morgan fingerprint density at radius 1 is 1.35 bits per heavy atom. The molecule has 0 amide bonds. The molecular formula is C15H24N2O2S. The summed E-state index contributed by atoms with van der Waals surface area (Å²) in [5, 5.41) is 3.28. The van der Waals surface area contributed by atoms with E-state index in [9.17, 15) is 8.42 Å². The maximum Gasteiger partial charge on any atom is 0.240 e. The molecule has 1 fully saturated rings. The molecule has 0 radical (unpaired) electrons. The highest BCUT2D eigenvalue weighted by Crippen LogP contribution is 2.45. The van der Waals surface area contributed by atoms with E-state index in [-0.39, 0.29) is 11.5 Å². The van der Waals surface area contributed by atoms with Crippen LogP contribution in [0.15, 0.2) is 29.2 Å². The molecule has 1 aliphatic rings. The van der Waals surface area contributed by atoms with Crippen LogP contribution in [0.4, 0.5) is 0 Å². The van der Waals surface area contributed by atoms with Gasteiger partial charge in [-0.05, 0) is 42.5 Å². The molecule has 1 unspecified atom stereocenters. The molecule has 1 atom stereocenters. The quantitative estimate of drug-likeness (QED) is 0.759. The van der Waals surface area contributed by atoms with Crippen molar-refractivity contribution in [2.75, 3.05) is 6.54 Å². The van der Waals surface area contributed by atoms with E-state index in [2.05, 4.69) is 30.8 Å². The molecule has 4 nitrogen and oxygen atoms in total. The zero-order chi connectivity index (χ0) is 14.8. The van der Waals surface area contributed by atoms with Crippen molar-refractivity contribution in [3.63, 3.8) is 0 Å². The minimum absolute atomic E-state index is 0.0642. The summed E-state index contributed by atoms with van der Waals surface area (Å²) in [5.41, 5.74) is 1.09. The Morgan fingerprint density at radius 2 is 2.05 bits per heavy atom. The van der Waals surface area contributed by atoms with E-state index < -0.39 is 10.0 Å². The first-order chi connectivity index (χ1) is 9.35. The van der Waals surface area contributed by atoms with Gasteiger partial charge in [-0.25, -0.2) is 13.1 Å². The molecule has 2 rings (SSSR count). The van der Waals surface area contributed by atoms with Crippen molar-refractivity contribution in [3.05, 3.63) is 29.8 Å². The summed E-state index contributed by atoms with van der Waals surface area (Å²) in [7, 11) is -3.40. The van der Waals surface area contributed by atoms with Crippen LogP contribution in [0.5, 0.6) is 0 Å². The lowest BCUT2D eigenvalue weighted by Crippen LogP contribution is -2.28. The molecule has 0 saturated heterocycles. The van der Waals surface area contributed by atoms with Gasteiger partial charge in [0.1, 0.15) is 0 Å². The van der Waals surface area contributed by atoms with Crippen molar-refractivity contribution in [2.24, 2.45) is 5.41 Å². The van der Waals surface area contributed by atoms with Crippen molar-refractivity contribution in [3.8, 4) is 0 Å². The molecule has 20 heavy (non-hydrogen) atoms. The SMILES string of the molecule is CCCNCc1cccc(S(=O)(=O)NC2CC2(C)C)c1. The second-order valence-electron chi connectivity index (χ2n) is 6.19. The van der Waals surface area contributed by atoms with Gasteiger partial charge in [0.2, 0.25) is 10.0 Å². The minimum atomic E-state index is -3.40. The number of benzene rings is 1. The van der Waals surface area contributed by atoms with Crippen LogP contribution in [0, 0.1) is 5.41 Å². The Morgan fingerprint density at radius 3 is 2.65 bits per heavy atom. The number of hydrogen-bond donors (Lipinski definition) is 2. The average Bonchev–Trinajstić information content (AvgIpc) is 2.96. The molecule has 1 aromatic rings. The monoisotopic (exact) mass is 296 g/mol. The van der Waals surface area contributed by atoms with Crippen LogP contribution in [0.1, 0.15) is 39.2 Å². The zero-order valence-corrected chi connectivity index (χ0v) is 13.3. The molecule has 1 aliphatic carbocycles. The molecule has 2 N–H and O–H groups in total. The third-order valence-corrected chi connectivity index (χ3v) is 5.24. The van der Waals surface area contributed by atoms with Gasteiger partial charge in [-0.15, -0.1) is 0 Å². The van der Waals surface area contributed by atoms with Crippen LogP contribution in [-0.4, -0.2) is 21.0 Å². The standard InChI is InChI=1S/C15H24N2O2S/c1-4-8-16-11-12-6-5-7-13(9-12)20(18,19)17-14-10-15(14,2)3/h5-7,9,14,16-17H,4,8,10-11H2,1-3H3. The molecule has 0 aliphatic heterocycles. The van der Waals surface area contributed by atoms with E-state index in [4.69, 9.17) is 0 Å². The van der Waals surface area contributed by atoms with Gasteiger partial charge >= 0.3 is 0 Å². The summed E-state index contributed by atoms with van der Waals surface area (Å²) in [5.74, 6) is 0. The first-order valence-corrected chi connectivity index (χ1v) is 8.65. The number of sulfonamides is 1. The maximum absolute atomic E-state index is 12.3. The van der Waals surface area contributed by atoms with Gasteiger partial charge in [-0.3, -0.25) is 0 Å². The Hall–Kier alpha value is -0.910. The highest BCUT2D eigenvalue weighted by molar-refractivity contribution is 7.89. The summed E-state index contributed by atoms with van der Waals surface area (Å²) in [4.78, 5) is 0.357. The molecule has 1 saturated carbocycles. The fourth-order valence-electron chi connectivity index (χ4n) is 2.16. The number of rotatable bonds is 7. The van der Waals surface area contributed by atoms with E-state index in [0.717, 1.165) is 24.9 Å². The summed E-state index contributed by atoms with van der Waals surface area (Å²) in [6.45, 7) is 7.89. The van der Waals surface area contributed by atoms with Crippen LogP contribution >= 0.6 is 0 Å². The second-order valence-corrected chi connectivity index (χ2v) is 7.90. The molecular weight excluding hydrogens is 272 g/mol. The van der Waals surface area contributed by atoms with Crippen molar-refractivity contribution < 1.29 is 8.42 Å². The highest BCUT2D eigenvalue weighted by Gasteiger charge is 2.47. The van der Waals surface area contributed by atoms with Crippen molar-refractivity contribution in [1.29, 1.82) is 0 Å². The van der Waals surface area contributed by atoms with Gasteiger partial charge in [0, 0.05) is 12.6 Å². The van der Waals surface area contributed by atoms with Crippen molar-refractivity contribution in [1.82, 2.24) is 10.0 Å². The van der Waals surface area contributed by atoms with Crippen molar-refractivity contribution in [2.45, 2.75) is 51.1 Å². The maximum atomic E-state index is 12.3. The third kappa shape index (κ3) is 3.81. The smallest absolute Gasteiger partial charge is 0.240 e. The van der Waals surface area contributed by atoms with Crippen molar-refractivity contribution >= 4 is 10.0 Å². The largest absolute Gasteiger partial charge is 0.313 e. The van der Waals surface area contributed by atoms with Crippen LogP contribution in [0.25, 0.3) is 0 Å². The first kappa shape index (κ1) is 15.5. The van der Waals surface area contributed by atoms with E-state index in [1.807, 2.05) is 6.07 Å². The average molecular weight is 296 g/mol. The van der Waals surface area contributed by atoms with Crippen LogP contribution < -0.4 is 10.0 Å². The van der Waals surface area contributed by atoms with E-state index in [1.54, 1.807) is 18.2 Å². The summed E-state index contributed by atoms with van der Waals surface area (Å²) >= 11 is 0. The fraction of sp³-hybridized carbons (Fsp3) is 0.600. The lowest BCUT2D eigenvalue weighted by Gasteiger charge is -2.10. The summed E-state index contributed by atoms with van der Waals surface area (Å²) in [6.07, 6.45) is 1.97. The van der Waals surface area contributed by atoms with Gasteiger partial charge in [0.15, 0.2) is 0 Å². The lowest BCUT2D eigenvalue weighted by molar-refractivity contribution is 0.554. The second kappa shape index (κ2) is 5.84. The van der Waals surface area contributed by atoms with Crippen LogP contribution in [0.3, 0.4) is 0 Å². The Kier molecular flexibility index (Phi) is 4.52. The summed E-state index contributed by atoms with van der Waals surface area (Å²) < 4.78 is 27.4. The van der Waals surface area contributed by atoms with E-state index >= 15 is 0 Å². The van der Waals surface area contributed by atoms with E-state index in [1.165, 1.54) is 0 Å². The lowest BCUT2D eigenvalue weighted by atomic mass is 10.2. The van der Waals surface area contributed by atoms with Crippen LogP contribution in [-0.2, 0) is 16.6 Å². The molecule has 0 spiro atoms. The predicted molar refractivity (Wildman–Crippen MR) is 80.9 cm³/mol. The minimum Gasteiger partial charge on any atom is -0.313 e. The van der Waals surface area contributed by atoms with Gasteiger partial charge in [-0.2, -0.15) is 0 Å². The zero-order valence-electron chi connectivity index (χ0n) is 12.4. The Balaban J connectivity index is 2.05. The molecule has 0 heterocycles. The third-order valence-electron chi connectivity index (χ3n) is 3.78. The van der Waals surface area contributed by atoms with Gasteiger partial charge < -0.3 is 5.32 Å². The van der Waals surface area contributed by atoms with E-state index in [0.29, 0.717) is 11.4 Å². The Labute approximate surface area is 122 Å². The highest BCUT2D eigenvalue weighted by atomic mass is 32.2. The van der Waals surface area contributed by atoms with Gasteiger partial charge in [0.05, 0.1) is 4.90 Å². The van der Waals surface area contributed by atoms with Crippen LogP contribution in [0.2, 0.25) is 0 Å². The molecule has 5 heteroatoms. The topological polar surface area (TPSA) is 58.2 Å². The predicted octanol–water partition coefficient (Wildman–Crippen LogP) is 2.26. The molecule has 1 aromatic carbocycles. The van der Waals surface area contributed by atoms with Gasteiger partial charge in [0.25, 0.3) is 0 Å². The normalized spacial score (nSPS) is 20.9. The van der Waals surface area contributed by atoms with Gasteiger partial charge in [-0.1, -0.05) is 32.9 Å². The molecule has 0 bridgehead atoms. The number of nitrogens with one attached hydrogen (secondary N) is 2. The summed E-state index contributed by atoms with van der Waals surface area (Å²) in [6, 6.07) is 7.22. The number of hydrogen-bond acceptors (Lipinski definition) is 3. The molecule has 0 aromatic heterocycles. The Bertz CT molecular complexity index is 567. The fourth-order valence-corrected chi connectivity index (χ4v) is 3.63. The first-order valence-electron chi connectivity index (χ1n) is 7.17.